The molecule has 126 valence electrons. The SMILES string of the molecule is COc1ccc(NC(=O)C(=O)NCCN2CCCCC2C)cc1. The minimum atomic E-state index is -0.651. The molecule has 0 spiro atoms. The topological polar surface area (TPSA) is 70.7 Å². The van der Waals surface area contributed by atoms with Crippen molar-refractivity contribution in [2.45, 2.75) is 32.2 Å². The van der Waals surface area contributed by atoms with Crippen LogP contribution in [0.4, 0.5) is 5.69 Å². The van der Waals surface area contributed by atoms with Crippen LogP contribution in [-0.2, 0) is 9.59 Å². The average molecular weight is 319 g/mol. The van der Waals surface area contributed by atoms with Gasteiger partial charge >= 0.3 is 11.8 Å². The van der Waals surface area contributed by atoms with Gasteiger partial charge in [-0.1, -0.05) is 6.42 Å². The molecule has 0 radical (unpaired) electrons. The van der Waals surface area contributed by atoms with Gasteiger partial charge in [0, 0.05) is 24.8 Å². The number of nitrogens with zero attached hydrogens (tertiary/aromatic N) is 1. The molecule has 6 nitrogen and oxygen atoms in total. The van der Waals surface area contributed by atoms with Gasteiger partial charge in [0.25, 0.3) is 0 Å². The Morgan fingerprint density at radius 1 is 1.22 bits per heavy atom. The van der Waals surface area contributed by atoms with Crippen LogP contribution < -0.4 is 15.4 Å². The van der Waals surface area contributed by atoms with Crippen LogP contribution in [0.25, 0.3) is 0 Å². The zero-order valence-electron chi connectivity index (χ0n) is 13.8. The zero-order valence-corrected chi connectivity index (χ0v) is 13.8. The third-order valence-electron chi connectivity index (χ3n) is 4.18. The molecule has 1 heterocycles. The van der Waals surface area contributed by atoms with E-state index in [9.17, 15) is 9.59 Å². The highest BCUT2D eigenvalue weighted by Crippen LogP contribution is 2.16. The summed E-state index contributed by atoms with van der Waals surface area (Å²) >= 11 is 0. The van der Waals surface area contributed by atoms with Crippen LogP contribution in [0.15, 0.2) is 24.3 Å². The van der Waals surface area contributed by atoms with E-state index in [1.807, 2.05) is 0 Å². The number of nitrogens with one attached hydrogen (secondary N) is 2. The Morgan fingerprint density at radius 3 is 2.61 bits per heavy atom. The second-order valence-corrected chi connectivity index (χ2v) is 5.82. The number of rotatable bonds is 5. The van der Waals surface area contributed by atoms with E-state index in [0.29, 0.717) is 24.0 Å². The molecule has 1 atom stereocenters. The number of carbonyl (C=O) groups is 2. The van der Waals surface area contributed by atoms with Crippen LogP contribution in [0.2, 0.25) is 0 Å². The molecular weight excluding hydrogens is 294 g/mol. The zero-order chi connectivity index (χ0) is 16.7. The summed E-state index contributed by atoms with van der Waals surface area (Å²) in [6, 6.07) is 7.39. The highest BCUT2D eigenvalue weighted by Gasteiger charge is 2.18. The number of carbonyl (C=O) groups excluding carboxylic acids is 2. The molecule has 1 saturated heterocycles. The Morgan fingerprint density at radius 2 is 1.96 bits per heavy atom. The molecule has 23 heavy (non-hydrogen) atoms. The van der Waals surface area contributed by atoms with Crippen molar-refractivity contribution in [2.75, 3.05) is 32.1 Å². The van der Waals surface area contributed by atoms with Crippen molar-refractivity contribution in [3.63, 3.8) is 0 Å². The number of anilines is 1. The number of likely N-dealkylation sites (tertiary alicyclic amines) is 1. The maximum atomic E-state index is 11.8. The third-order valence-corrected chi connectivity index (χ3v) is 4.18. The van der Waals surface area contributed by atoms with Crippen LogP contribution in [0.1, 0.15) is 26.2 Å². The lowest BCUT2D eigenvalue weighted by Crippen LogP contribution is -2.44. The molecule has 1 aromatic carbocycles. The van der Waals surface area contributed by atoms with Crippen LogP contribution in [-0.4, -0.2) is 49.5 Å². The Kier molecular flexibility index (Phi) is 6.40. The lowest BCUT2D eigenvalue weighted by atomic mass is 10.0. The van der Waals surface area contributed by atoms with E-state index in [2.05, 4.69) is 22.5 Å². The molecule has 1 unspecified atom stereocenters. The van der Waals surface area contributed by atoms with Gasteiger partial charge in [0.2, 0.25) is 0 Å². The van der Waals surface area contributed by atoms with E-state index < -0.39 is 11.8 Å². The molecule has 0 saturated carbocycles. The fourth-order valence-corrected chi connectivity index (χ4v) is 2.75. The number of methoxy groups -OCH3 is 1. The van der Waals surface area contributed by atoms with Gasteiger partial charge in [0.1, 0.15) is 5.75 Å². The highest BCUT2D eigenvalue weighted by molar-refractivity contribution is 6.39. The number of piperidine rings is 1. The fraction of sp³-hybridized carbons (Fsp3) is 0.529. The van der Waals surface area contributed by atoms with Gasteiger partial charge in [-0.05, 0) is 50.6 Å². The van der Waals surface area contributed by atoms with Crippen molar-refractivity contribution in [1.82, 2.24) is 10.2 Å². The third kappa shape index (κ3) is 5.25. The molecule has 0 aromatic heterocycles. The number of hydrogen-bond donors (Lipinski definition) is 2. The first kappa shape index (κ1) is 17.3. The predicted octanol–water partition coefficient (Wildman–Crippen LogP) is 1.62. The summed E-state index contributed by atoms with van der Waals surface area (Å²) in [5, 5.41) is 5.25. The molecule has 2 rings (SSSR count). The quantitative estimate of drug-likeness (QED) is 0.809. The Bertz CT molecular complexity index is 530. The van der Waals surface area contributed by atoms with Gasteiger partial charge in [-0.2, -0.15) is 0 Å². The summed E-state index contributed by atoms with van der Waals surface area (Å²) in [5.41, 5.74) is 0.565. The normalized spacial score (nSPS) is 18.3. The van der Waals surface area contributed by atoms with Gasteiger partial charge in [0.05, 0.1) is 7.11 Å². The first-order chi connectivity index (χ1) is 11.1. The molecule has 0 aliphatic carbocycles. The molecule has 1 aliphatic heterocycles. The van der Waals surface area contributed by atoms with E-state index in [0.717, 1.165) is 13.1 Å². The molecule has 2 N–H and O–H groups in total. The van der Waals surface area contributed by atoms with Crippen LogP contribution in [0.3, 0.4) is 0 Å². The summed E-state index contributed by atoms with van der Waals surface area (Å²) in [6.07, 6.45) is 3.68. The van der Waals surface area contributed by atoms with Crippen molar-refractivity contribution in [2.24, 2.45) is 0 Å². The minimum Gasteiger partial charge on any atom is -0.497 e. The lowest BCUT2D eigenvalue weighted by Gasteiger charge is -2.33. The van der Waals surface area contributed by atoms with Gasteiger partial charge in [-0.15, -0.1) is 0 Å². The summed E-state index contributed by atoms with van der Waals surface area (Å²) < 4.78 is 5.04. The first-order valence-corrected chi connectivity index (χ1v) is 8.07. The maximum absolute atomic E-state index is 11.8. The van der Waals surface area contributed by atoms with Crippen LogP contribution >= 0.6 is 0 Å². The van der Waals surface area contributed by atoms with Crippen molar-refractivity contribution in [1.29, 1.82) is 0 Å². The summed E-state index contributed by atoms with van der Waals surface area (Å²) in [4.78, 5) is 26.0. The molecule has 2 amide bonds. The van der Waals surface area contributed by atoms with E-state index >= 15 is 0 Å². The van der Waals surface area contributed by atoms with E-state index in [1.54, 1.807) is 31.4 Å². The lowest BCUT2D eigenvalue weighted by molar-refractivity contribution is -0.136. The minimum absolute atomic E-state index is 0.485. The van der Waals surface area contributed by atoms with Gasteiger partial charge in [0.15, 0.2) is 0 Å². The predicted molar refractivity (Wildman–Crippen MR) is 89.5 cm³/mol. The van der Waals surface area contributed by atoms with Gasteiger partial charge < -0.3 is 15.4 Å². The molecule has 0 bridgehead atoms. The largest absolute Gasteiger partial charge is 0.497 e. The second kappa shape index (κ2) is 8.53. The van der Waals surface area contributed by atoms with Crippen molar-refractivity contribution >= 4 is 17.5 Å². The van der Waals surface area contributed by atoms with Gasteiger partial charge in [-0.25, -0.2) is 0 Å². The summed E-state index contributed by atoms with van der Waals surface area (Å²) in [7, 11) is 1.57. The maximum Gasteiger partial charge on any atom is 0.313 e. The number of benzene rings is 1. The van der Waals surface area contributed by atoms with Crippen molar-refractivity contribution in [3.05, 3.63) is 24.3 Å². The fourth-order valence-electron chi connectivity index (χ4n) is 2.75. The van der Waals surface area contributed by atoms with Crippen molar-refractivity contribution < 1.29 is 14.3 Å². The van der Waals surface area contributed by atoms with Crippen molar-refractivity contribution in [3.8, 4) is 5.75 Å². The first-order valence-electron chi connectivity index (χ1n) is 8.07. The molecule has 1 aromatic rings. The van der Waals surface area contributed by atoms with E-state index in [4.69, 9.17) is 4.74 Å². The smallest absolute Gasteiger partial charge is 0.313 e. The molecule has 1 aliphatic rings. The Labute approximate surface area is 137 Å². The summed E-state index contributed by atoms with van der Waals surface area (Å²) in [5.74, 6) is -0.560. The molecular formula is C17H25N3O3. The number of hydrogen-bond acceptors (Lipinski definition) is 4. The summed E-state index contributed by atoms with van der Waals surface area (Å²) in [6.45, 7) is 4.54. The van der Waals surface area contributed by atoms with E-state index in [-0.39, 0.29) is 0 Å². The second-order valence-electron chi connectivity index (χ2n) is 5.82. The van der Waals surface area contributed by atoms with Crippen LogP contribution in [0, 0.1) is 0 Å². The Hall–Kier alpha value is -2.08. The van der Waals surface area contributed by atoms with Gasteiger partial charge in [-0.3, -0.25) is 14.5 Å². The van der Waals surface area contributed by atoms with E-state index in [1.165, 1.54) is 19.3 Å². The Balaban J connectivity index is 1.72. The highest BCUT2D eigenvalue weighted by atomic mass is 16.5. The standard InChI is InChI=1S/C17H25N3O3/c1-13-5-3-4-11-20(13)12-10-18-16(21)17(22)19-14-6-8-15(23-2)9-7-14/h6-9,13H,3-5,10-12H2,1-2H3,(H,18,21)(H,19,22). The number of amides is 2. The van der Waals surface area contributed by atoms with Crippen LogP contribution in [0.5, 0.6) is 5.75 Å². The monoisotopic (exact) mass is 319 g/mol. The number of ether oxygens (including phenoxy) is 1. The molecule has 1 fully saturated rings. The molecule has 6 heteroatoms. The average Bonchev–Trinajstić information content (AvgIpc) is 2.57.